The zero-order valence-electron chi connectivity index (χ0n) is 34.1. The van der Waals surface area contributed by atoms with Crippen molar-refractivity contribution in [3.63, 3.8) is 0 Å². The van der Waals surface area contributed by atoms with Crippen LogP contribution in [0, 0.1) is 0 Å². The molecule has 2 unspecified atom stereocenters. The van der Waals surface area contributed by atoms with Crippen molar-refractivity contribution >= 4 is 16.0 Å². The molecule has 2 atom stereocenters. The predicted molar refractivity (Wildman–Crippen MR) is 209 cm³/mol. The topological polar surface area (TPSA) is 134 Å². The highest BCUT2D eigenvalue weighted by atomic mass is 32.2. The summed E-state index contributed by atoms with van der Waals surface area (Å²) in [6.07, 6.45) is -2.14. The number of hydrogen-bond acceptors (Lipinski definition) is 9. The normalized spacial score (nSPS) is 14.5. The van der Waals surface area contributed by atoms with Crippen LogP contribution >= 0.6 is 0 Å². The van der Waals surface area contributed by atoms with Crippen LogP contribution in [0.15, 0.2) is 61.2 Å². The number of aliphatic hydroxyl groups excluding tert-OH is 2. The molecule has 1 saturated heterocycles. The summed E-state index contributed by atoms with van der Waals surface area (Å²) in [6, 6.07) is 14.9. The minimum absolute atomic E-state index is 0.123. The van der Waals surface area contributed by atoms with Gasteiger partial charge in [-0.15, -0.1) is 0 Å². The maximum absolute atomic E-state index is 12.3. The van der Waals surface area contributed by atoms with E-state index in [0.29, 0.717) is 23.5 Å². The predicted octanol–water partition coefficient (Wildman–Crippen LogP) is 7.12. The molecule has 2 aromatic carbocycles. The van der Waals surface area contributed by atoms with Gasteiger partial charge in [0.2, 0.25) is 5.91 Å². The van der Waals surface area contributed by atoms with Crippen LogP contribution in [0.2, 0.25) is 0 Å². The molecule has 0 aliphatic carbocycles. The first-order valence-electron chi connectivity index (χ1n) is 17.7. The molecule has 1 fully saturated rings. The molecule has 0 bridgehead atoms. The van der Waals surface area contributed by atoms with Gasteiger partial charge in [0.25, 0.3) is 16.5 Å². The lowest BCUT2D eigenvalue weighted by molar-refractivity contribution is -0.117. The number of rotatable bonds is 12. The molecule has 0 saturated carbocycles. The van der Waals surface area contributed by atoms with Gasteiger partial charge in [0.15, 0.2) is 0 Å². The number of halogens is 2. The lowest BCUT2D eigenvalue weighted by Gasteiger charge is -2.26. The van der Waals surface area contributed by atoms with E-state index in [1.807, 2.05) is 64.1 Å². The van der Waals surface area contributed by atoms with E-state index in [1.54, 1.807) is 32.9 Å². The zero-order chi connectivity index (χ0) is 41.4. The number of alkyl halides is 2. The Labute approximate surface area is 318 Å². The van der Waals surface area contributed by atoms with Crippen molar-refractivity contribution in [2.45, 2.75) is 130 Å². The molecule has 304 valence electrons. The molecule has 3 rings (SSSR count). The molecule has 10 nitrogen and oxygen atoms in total. The minimum Gasteiger partial charge on any atom is -0.491 e. The van der Waals surface area contributed by atoms with Crippen molar-refractivity contribution in [3.05, 3.63) is 72.3 Å². The molecule has 0 radical (unpaired) electrons. The van der Waals surface area contributed by atoms with E-state index in [-0.39, 0.29) is 23.5 Å². The van der Waals surface area contributed by atoms with Gasteiger partial charge in [0.05, 0.1) is 18.0 Å². The number of ether oxygens (including phenoxy) is 2. The fraction of sp³-hybridized carbons (Fsp3) is 0.625. The molecule has 0 aromatic heterocycles. The summed E-state index contributed by atoms with van der Waals surface area (Å²) in [5.74, 6) is 1.01. The third-order valence-corrected chi connectivity index (χ3v) is 8.06. The van der Waals surface area contributed by atoms with E-state index in [2.05, 4.69) is 55.6 Å². The molecule has 1 aliphatic heterocycles. The van der Waals surface area contributed by atoms with Gasteiger partial charge in [-0.25, -0.2) is 8.78 Å². The van der Waals surface area contributed by atoms with E-state index in [0.717, 1.165) is 17.4 Å². The highest BCUT2D eigenvalue weighted by Crippen LogP contribution is 2.33. The summed E-state index contributed by atoms with van der Waals surface area (Å²) in [4.78, 5) is 13.0. The monoisotopic (exact) mass is 772 g/mol. The van der Waals surface area contributed by atoms with Crippen molar-refractivity contribution in [1.29, 1.82) is 0 Å². The number of benzene rings is 2. The largest absolute Gasteiger partial charge is 0.491 e. The Morgan fingerprint density at radius 2 is 1.26 bits per heavy atom. The molecule has 3 N–H and O–H groups in total. The quantitative estimate of drug-likeness (QED) is 0.117. The smallest absolute Gasteiger partial charge is 0.267 e. The summed E-state index contributed by atoms with van der Waals surface area (Å²) in [7, 11) is -3.28. The molecule has 1 amide bonds. The average Bonchev–Trinajstić information content (AvgIpc) is 3.88. The first kappa shape index (κ1) is 49.9. The Morgan fingerprint density at radius 1 is 0.849 bits per heavy atom. The van der Waals surface area contributed by atoms with Crippen LogP contribution in [0.1, 0.15) is 101 Å². The summed E-state index contributed by atoms with van der Waals surface area (Å²) in [5.41, 5.74) is 1.52. The van der Waals surface area contributed by atoms with Gasteiger partial charge in [0, 0.05) is 29.6 Å². The summed E-state index contributed by atoms with van der Waals surface area (Å²) in [6.45, 7) is 29.4. The van der Waals surface area contributed by atoms with Crippen LogP contribution in [0.3, 0.4) is 0 Å². The van der Waals surface area contributed by atoms with E-state index in [4.69, 9.17) is 14.6 Å². The number of amides is 1. The number of nitrogens with zero attached hydrogens (tertiary/aromatic N) is 1. The molecule has 1 heterocycles. The first-order chi connectivity index (χ1) is 24.0. The van der Waals surface area contributed by atoms with Crippen molar-refractivity contribution < 1.29 is 45.9 Å². The van der Waals surface area contributed by atoms with Gasteiger partial charge in [-0.3, -0.25) is 13.9 Å². The first-order valence-corrected chi connectivity index (χ1v) is 19.5. The molecule has 53 heavy (non-hydrogen) atoms. The van der Waals surface area contributed by atoms with Crippen molar-refractivity contribution in [2.75, 3.05) is 32.6 Å². The van der Waals surface area contributed by atoms with E-state index >= 15 is 0 Å². The van der Waals surface area contributed by atoms with Crippen LogP contribution in [0.4, 0.5) is 8.78 Å². The average molecular weight is 773 g/mol. The van der Waals surface area contributed by atoms with Gasteiger partial charge in [-0.1, -0.05) is 51.6 Å². The van der Waals surface area contributed by atoms with Crippen LogP contribution in [0.25, 0.3) is 0 Å². The molecule has 13 heteroatoms. The van der Waals surface area contributed by atoms with Gasteiger partial charge < -0.3 is 25.0 Å². The maximum Gasteiger partial charge on any atom is 0.267 e. The fourth-order valence-corrected chi connectivity index (χ4v) is 5.17. The lowest BCUT2D eigenvalue weighted by atomic mass is 9.78. The standard InChI is InChI=1S/C22H28F2O4.C7H13NO.C6H13N.C5H12O3S/c1-4-17(25)13-27-18-9-5-15(6-10-18)22(2,3)16-7-11-19(12-8-16)28-14-20(26)21(23)24;1-5-6(9)8-7(2,3)4;1-6(2,3)7-4-5-7;1-5(2,3)8-9(4,6)7/h5-12,17,20-21,25-26H,4,13-14H2,1-3H3;5H,1H2,2-4H3,(H,8,9);4-5H2,1-3H3;1-4H3. The lowest BCUT2D eigenvalue weighted by Crippen LogP contribution is -2.39. The van der Waals surface area contributed by atoms with Crippen LogP contribution < -0.4 is 14.8 Å². The Bertz CT molecular complexity index is 1460. The second kappa shape index (κ2) is 21.7. The van der Waals surface area contributed by atoms with Gasteiger partial charge >= 0.3 is 0 Å². The number of hydrogen-bond donors (Lipinski definition) is 3. The van der Waals surface area contributed by atoms with Crippen LogP contribution in [-0.4, -0.2) is 97.3 Å². The highest BCUT2D eigenvalue weighted by molar-refractivity contribution is 7.86. The molecule has 2 aromatic rings. The summed E-state index contributed by atoms with van der Waals surface area (Å²) < 4.78 is 60.9. The Kier molecular flexibility index (Phi) is 20.4. The van der Waals surface area contributed by atoms with Gasteiger partial charge in [-0.2, -0.15) is 8.42 Å². The van der Waals surface area contributed by atoms with Crippen molar-refractivity contribution in [1.82, 2.24) is 10.2 Å². The van der Waals surface area contributed by atoms with E-state index in [9.17, 15) is 27.1 Å². The number of aliphatic hydroxyl groups is 2. The second-order valence-corrected chi connectivity index (χ2v) is 17.8. The summed E-state index contributed by atoms with van der Waals surface area (Å²) in [5, 5.41) is 21.4. The number of carbonyl (C=O) groups excluding carboxylic acids is 1. The third-order valence-electron chi connectivity index (χ3n) is 7.26. The van der Waals surface area contributed by atoms with Crippen LogP contribution in [-0.2, 0) is 24.5 Å². The van der Waals surface area contributed by atoms with Gasteiger partial charge in [-0.05, 0) is 110 Å². The zero-order valence-corrected chi connectivity index (χ0v) is 34.9. The Hall–Kier alpha value is -3.10. The second-order valence-electron chi connectivity index (χ2n) is 16.3. The fourth-order valence-electron chi connectivity index (χ4n) is 4.26. The number of nitrogens with one attached hydrogen (secondary N) is 1. The SMILES string of the molecule is C=CC(=O)NC(C)(C)C.CC(C)(C)N1CC1.CC(C)(C)OS(C)(=O)=O.CCC(O)COc1ccc(C(C)(C)c2ccc(OCC(O)C(F)F)cc2)cc1. The highest BCUT2D eigenvalue weighted by Gasteiger charge is 2.29. The molecule has 0 spiro atoms. The Balaban J connectivity index is 0.000000871. The summed E-state index contributed by atoms with van der Waals surface area (Å²) >= 11 is 0. The van der Waals surface area contributed by atoms with E-state index < -0.39 is 41.0 Å². The molecule has 1 aliphatic rings. The van der Waals surface area contributed by atoms with Crippen LogP contribution in [0.5, 0.6) is 11.5 Å². The van der Waals surface area contributed by atoms with Crippen molar-refractivity contribution in [3.8, 4) is 11.5 Å². The Morgan fingerprint density at radius 3 is 1.49 bits per heavy atom. The van der Waals surface area contributed by atoms with Crippen molar-refractivity contribution in [2.24, 2.45) is 0 Å². The van der Waals surface area contributed by atoms with E-state index in [1.165, 1.54) is 19.2 Å². The molecular formula is C40H66F2N2O8S. The number of carbonyl (C=O) groups is 1. The third kappa shape index (κ3) is 24.0. The minimum atomic E-state index is -3.28. The van der Waals surface area contributed by atoms with Gasteiger partial charge in [0.1, 0.15) is 30.8 Å². The maximum atomic E-state index is 12.3. The molecular weight excluding hydrogens is 707 g/mol.